The number of H-pyrrole nitrogens is 2. The number of hydrogen-bond acceptors (Lipinski definition) is 2. The summed E-state index contributed by atoms with van der Waals surface area (Å²) in [6, 6.07) is 5.15. The fraction of sp³-hybridized carbons (Fsp3) is 0. The fourth-order valence-electron chi connectivity index (χ4n) is 1.39. The van der Waals surface area contributed by atoms with Gasteiger partial charge < -0.3 is 5.11 Å². The van der Waals surface area contributed by atoms with Crippen molar-refractivity contribution in [1.29, 1.82) is 0 Å². The average molecular weight is 222 g/mol. The molecule has 0 unspecified atom stereocenters. The first kappa shape index (κ1) is 10.2. The monoisotopic (exact) mass is 222 g/mol. The minimum Gasteiger partial charge on any atom is -0.477 e. The molecular weight excluding hydrogens is 215 g/mol. The minimum absolute atomic E-state index is 0.137. The highest BCUT2D eigenvalue weighted by Gasteiger charge is 2.18. The molecule has 82 valence electrons. The van der Waals surface area contributed by atoms with E-state index in [0.717, 1.165) is 0 Å². The number of halogens is 1. The lowest BCUT2D eigenvalue weighted by Gasteiger charge is -1.98. The number of aromatic carboxylic acids is 1. The molecular formula is C10H7FN2O3. The summed E-state index contributed by atoms with van der Waals surface area (Å²) in [5.74, 6) is -1.76. The summed E-state index contributed by atoms with van der Waals surface area (Å²) in [5, 5.41) is 13.5. The molecule has 5 nitrogen and oxygen atoms in total. The Morgan fingerprint density at radius 3 is 2.38 bits per heavy atom. The Morgan fingerprint density at radius 1 is 1.19 bits per heavy atom. The first-order valence-corrected chi connectivity index (χ1v) is 4.39. The number of aromatic nitrogens is 2. The molecule has 0 atom stereocenters. The van der Waals surface area contributed by atoms with E-state index in [2.05, 4.69) is 10.2 Å². The standard InChI is InChI=1S/C10H7FN2O3/c11-6-3-1-5(2-4-6)8-7(10(15)16)9(14)13-12-8/h1-4H,(H,15,16)(H2,12,13,14). The second kappa shape index (κ2) is 3.65. The highest BCUT2D eigenvalue weighted by molar-refractivity contribution is 5.94. The van der Waals surface area contributed by atoms with Gasteiger partial charge >= 0.3 is 5.97 Å². The van der Waals surface area contributed by atoms with Crippen LogP contribution in [0.2, 0.25) is 0 Å². The van der Waals surface area contributed by atoms with Crippen LogP contribution in [0.15, 0.2) is 29.1 Å². The number of hydrogen-bond donors (Lipinski definition) is 3. The van der Waals surface area contributed by atoms with Gasteiger partial charge in [-0.25, -0.2) is 9.18 Å². The van der Waals surface area contributed by atoms with Gasteiger partial charge in [0.25, 0.3) is 5.56 Å². The van der Waals surface area contributed by atoms with Gasteiger partial charge in [-0.15, -0.1) is 0 Å². The molecule has 6 heteroatoms. The highest BCUT2D eigenvalue weighted by atomic mass is 19.1. The molecule has 0 saturated carbocycles. The molecule has 16 heavy (non-hydrogen) atoms. The van der Waals surface area contributed by atoms with Crippen LogP contribution in [0.4, 0.5) is 4.39 Å². The minimum atomic E-state index is -1.33. The molecule has 2 rings (SSSR count). The van der Waals surface area contributed by atoms with Gasteiger partial charge in [0, 0.05) is 5.56 Å². The number of carboxylic acid groups (broad SMARTS) is 1. The van der Waals surface area contributed by atoms with Crippen LogP contribution < -0.4 is 5.56 Å². The third-order valence-electron chi connectivity index (χ3n) is 2.12. The van der Waals surface area contributed by atoms with Crippen molar-refractivity contribution in [1.82, 2.24) is 10.2 Å². The zero-order valence-electron chi connectivity index (χ0n) is 7.95. The summed E-state index contributed by atoms with van der Waals surface area (Å²) in [7, 11) is 0. The predicted molar refractivity (Wildman–Crippen MR) is 53.8 cm³/mol. The van der Waals surface area contributed by atoms with Gasteiger partial charge in [0.05, 0.1) is 5.69 Å². The van der Waals surface area contributed by atoms with Gasteiger partial charge in [0.1, 0.15) is 5.82 Å². The van der Waals surface area contributed by atoms with E-state index in [0.29, 0.717) is 5.56 Å². The Balaban J connectivity index is 2.60. The van der Waals surface area contributed by atoms with Gasteiger partial charge in [-0.3, -0.25) is 15.0 Å². The predicted octanol–water partition coefficient (Wildman–Crippen LogP) is 1.21. The zero-order chi connectivity index (χ0) is 11.7. The summed E-state index contributed by atoms with van der Waals surface area (Å²) >= 11 is 0. The maximum atomic E-state index is 12.7. The molecule has 0 spiro atoms. The zero-order valence-corrected chi connectivity index (χ0v) is 7.95. The maximum absolute atomic E-state index is 12.7. The fourth-order valence-corrected chi connectivity index (χ4v) is 1.39. The van der Waals surface area contributed by atoms with Crippen LogP contribution in [0.1, 0.15) is 10.4 Å². The van der Waals surface area contributed by atoms with Gasteiger partial charge in [0.2, 0.25) is 0 Å². The average Bonchev–Trinajstić information content (AvgIpc) is 2.61. The molecule has 0 aliphatic carbocycles. The van der Waals surface area contributed by atoms with E-state index in [1.54, 1.807) is 0 Å². The van der Waals surface area contributed by atoms with Gasteiger partial charge in [-0.2, -0.15) is 0 Å². The molecule has 0 amide bonds. The van der Waals surface area contributed by atoms with Crippen molar-refractivity contribution in [3.63, 3.8) is 0 Å². The van der Waals surface area contributed by atoms with Crippen LogP contribution in [0.25, 0.3) is 11.3 Å². The van der Waals surface area contributed by atoms with E-state index in [1.807, 2.05) is 0 Å². The summed E-state index contributed by atoms with van der Waals surface area (Å²) in [5.41, 5.74) is -0.534. The molecule has 0 aliphatic rings. The van der Waals surface area contributed by atoms with Crippen LogP contribution in [-0.4, -0.2) is 21.3 Å². The second-order valence-electron chi connectivity index (χ2n) is 3.14. The number of rotatable bonds is 2. The third kappa shape index (κ3) is 1.60. The van der Waals surface area contributed by atoms with E-state index in [9.17, 15) is 14.0 Å². The first-order chi connectivity index (χ1) is 7.59. The van der Waals surface area contributed by atoms with E-state index < -0.39 is 17.3 Å². The van der Waals surface area contributed by atoms with Crippen LogP contribution in [0, 0.1) is 5.82 Å². The van der Waals surface area contributed by atoms with Crippen molar-refractivity contribution in [3.8, 4) is 11.3 Å². The molecule has 3 N–H and O–H groups in total. The number of nitrogens with one attached hydrogen (secondary N) is 2. The number of aromatic amines is 2. The van der Waals surface area contributed by atoms with Crippen molar-refractivity contribution >= 4 is 5.97 Å². The van der Waals surface area contributed by atoms with E-state index in [1.165, 1.54) is 24.3 Å². The molecule has 0 bridgehead atoms. The molecule has 1 aromatic heterocycles. The largest absolute Gasteiger partial charge is 0.477 e. The summed E-state index contributed by atoms with van der Waals surface area (Å²) < 4.78 is 12.7. The highest BCUT2D eigenvalue weighted by Crippen LogP contribution is 2.18. The van der Waals surface area contributed by atoms with Gasteiger partial charge in [0.15, 0.2) is 5.56 Å². The van der Waals surface area contributed by atoms with Crippen LogP contribution in [0.5, 0.6) is 0 Å². The molecule has 2 aromatic rings. The summed E-state index contributed by atoms with van der Waals surface area (Å²) in [6.45, 7) is 0. The maximum Gasteiger partial charge on any atom is 0.343 e. The Morgan fingerprint density at radius 2 is 1.81 bits per heavy atom. The lowest BCUT2D eigenvalue weighted by molar-refractivity contribution is 0.0696. The third-order valence-corrected chi connectivity index (χ3v) is 2.12. The Kier molecular flexibility index (Phi) is 2.32. The van der Waals surface area contributed by atoms with Crippen LogP contribution in [0.3, 0.4) is 0 Å². The summed E-state index contributed by atoms with van der Waals surface area (Å²) in [4.78, 5) is 22.0. The molecule has 0 fully saturated rings. The first-order valence-electron chi connectivity index (χ1n) is 4.39. The van der Waals surface area contributed by atoms with Gasteiger partial charge in [-0.1, -0.05) is 0 Å². The quantitative estimate of drug-likeness (QED) is 0.713. The number of benzene rings is 1. The lowest BCUT2D eigenvalue weighted by Crippen LogP contribution is -2.12. The summed E-state index contributed by atoms with van der Waals surface area (Å²) in [6.07, 6.45) is 0. The lowest BCUT2D eigenvalue weighted by atomic mass is 10.1. The number of carbonyl (C=O) groups is 1. The van der Waals surface area contributed by atoms with Gasteiger partial charge in [-0.05, 0) is 24.3 Å². The van der Waals surface area contributed by atoms with Crippen LogP contribution in [-0.2, 0) is 0 Å². The Bertz CT molecular complexity index is 583. The molecule has 0 saturated heterocycles. The van der Waals surface area contributed by atoms with E-state index in [4.69, 9.17) is 5.11 Å². The molecule has 0 aliphatic heterocycles. The topological polar surface area (TPSA) is 85.9 Å². The van der Waals surface area contributed by atoms with E-state index >= 15 is 0 Å². The smallest absolute Gasteiger partial charge is 0.343 e. The van der Waals surface area contributed by atoms with Crippen LogP contribution >= 0.6 is 0 Å². The normalized spacial score (nSPS) is 10.3. The molecule has 0 radical (unpaired) electrons. The SMILES string of the molecule is O=C(O)c1c(-c2ccc(F)cc2)[nH][nH]c1=O. The molecule has 1 heterocycles. The van der Waals surface area contributed by atoms with E-state index in [-0.39, 0.29) is 11.3 Å². The van der Waals surface area contributed by atoms with Crippen molar-refractivity contribution in [2.24, 2.45) is 0 Å². The Hall–Kier alpha value is -2.37. The number of carboxylic acids is 1. The molecule has 1 aromatic carbocycles. The van der Waals surface area contributed by atoms with Crippen molar-refractivity contribution in [2.75, 3.05) is 0 Å². The second-order valence-corrected chi connectivity index (χ2v) is 3.14. The van der Waals surface area contributed by atoms with Crippen molar-refractivity contribution in [2.45, 2.75) is 0 Å². The Labute approximate surface area is 88.5 Å². The van der Waals surface area contributed by atoms with Crippen molar-refractivity contribution in [3.05, 3.63) is 46.0 Å². The van der Waals surface area contributed by atoms with Crippen molar-refractivity contribution < 1.29 is 14.3 Å².